The van der Waals surface area contributed by atoms with Crippen molar-refractivity contribution in [1.29, 1.82) is 0 Å². The van der Waals surface area contributed by atoms with E-state index in [0.29, 0.717) is 24.5 Å². The number of hydrogen-bond donors (Lipinski definition) is 2. The Balaban J connectivity index is 2.09. The van der Waals surface area contributed by atoms with Gasteiger partial charge in [-0.15, -0.1) is 0 Å². The van der Waals surface area contributed by atoms with E-state index >= 15 is 0 Å². The average molecular weight is 292 g/mol. The number of ether oxygens (including phenoxy) is 2. The first-order chi connectivity index (χ1) is 10.3. The average Bonchev–Trinajstić information content (AvgIpc) is 2.89. The molecule has 0 aliphatic heterocycles. The zero-order chi connectivity index (χ0) is 15.1. The summed E-state index contributed by atoms with van der Waals surface area (Å²) in [7, 11) is 0. The van der Waals surface area contributed by atoms with Gasteiger partial charge in [0.25, 0.3) is 0 Å². The number of nitrogens with zero attached hydrogens (tertiary/aromatic N) is 1. The Kier molecular flexibility index (Phi) is 5.45. The van der Waals surface area contributed by atoms with E-state index in [-0.39, 0.29) is 11.6 Å². The van der Waals surface area contributed by atoms with Gasteiger partial charge >= 0.3 is 0 Å². The van der Waals surface area contributed by atoms with E-state index in [2.05, 4.69) is 12.1 Å². The molecule has 2 aromatic rings. The van der Waals surface area contributed by atoms with Crippen molar-refractivity contribution >= 4 is 16.8 Å². The number of unbranched alkanes of at least 4 members (excludes halogenated alkanes) is 1. The molecule has 0 aliphatic rings. The predicted octanol–water partition coefficient (Wildman–Crippen LogP) is 2.72. The van der Waals surface area contributed by atoms with Gasteiger partial charge in [0.05, 0.1) is 12.0 Å². The number of amidine groups is 1. The van der Waals surface area contributed by atoms with Crippen molar-refractivity contribution in [2.75, 3.05) is 19.8 Å². The van der Waals surface area contributed by atoms with Crippen molar-refractivity contribution in [3.63, 3.8) is 0 Å². The highest BCUT2D eigenvalue weighted by Gasteiger charge is 2.18. The fourth-order valence-corrected chi connectivity index (χ4v) is 1.93. The number of benzene rings is 1. The molecule has 0 amide bonds. The normalized spacial score (nSPS) is 12.0. The SMILES string of the molecule is CCCCOCCOc1c(/C(N)=N/O)oc2ccccc12. The Morgan fingerprint density at radius 1 is 1.29 bits per heavy atom. The lowest BCUT2D eigenvalue weighted by molar-refractivity contribution is 0.0981. The third-order valence-corrected chi connectivity index (χ3v) is 3.01. The molecular formula is C15H20N2O4. The molecule has 1 heterocycles. The summed E-state index contributed by atoms with van der Waals surface area (Å²) in [6.45, 7) is 3.69. The molecule has 0 aliphatic carbocycles. The van der Waals surface area contributed by atoms with E-state index in [1.54, 1.807) is 6.07 Å². The minimum atomic E-state index is -0.117. The number of furan rings is 1. The molecule has 6 nitrogen and oxygen atoms in total. The maximum atomic E-state index is 8.83. The summed E-state index contributed by atoms with van der Waals surface area (Å²) in [5.41, 5.74) is 6.25. The topological polar surface area (TPSA) is 90.2 Å². The van der Waals surface area contributed by atoms with E-state index in [9.17, 15) is 0 Å². The van der Waals surface area contributed by atoms with Crippen LogP contribution in [0.25, 0.3) is 11.0 Å². The van der Waals surface area contributed by atoms with Crippen molar-refractivity contribution in [2.45, 2.75) is 19.8 Å². The van der Waals surface area contributed by atoms with Crippen LogP contribution in [0.15, 0.2) is 33.8 Å². The number of rotatable bonds is 8. The maximum Gasteiger partial charge on any atom is 0.215 e. The van der Waals surface area contributed by atoms with Gasteiger partial charge in [-0.2, -0.15) is 0 Å². The molecule has 114 valence electrons. The van der Waals surface area contributed by atoms with E-state index in [0.717, 1.165) is 24.8 Å². The van der Waals surface area contributed by atoms with Crippen LogP contribution in [-0.2, 0) is 4.74 Å². The molecule has 1 aromatic carbocycles. The number of hydrogen-bond acceptors (Lipinski definition) is 5. The first kappa shape index (κ1) is 15.2. The first-order valence-corrected chi connectivity index (χ1v) is 6.98. The fraction of sp³-hybridized carbons (Fsp3) is 0.400. The first-order valence-electron chi connectivity index (χ1n) is 6.98. The minimum Gasteiger partial charge on any atom is -0.486 e. The van der Waals surface area contributed by atoms with Crippen LogP contribution in [-0.4, -0.2) is 30.9 Å². The summed E-state index contributed by atoms with van der Waals surface area (Å²) in [6, 6.07) is 7.38. The van der Waals surface area contributed by atoms with E-state index in [1.807, 2.05) is 18.2 Å². The van der Waals surface area contributed by atoms with Crippen molar-refractivity contribution in [3.05, 3.63) is 30.0 Å². The highest BCUT2D eigenvalue weighted by molar-refractivity contribution is 6.03. The molecule has 0 fully saturated rings. The molecule has 0 saturated carbocycles. The summed E-state index contributed by atoms with van der Waals surface area (Å²) < 4.78 is 16.7. The third kappa shape index (κ3) is 3.66. The number of nitrogens with two attached hydrogens (primary N) is 1. The van der Waals surface area contributed by atoms with Crippen LogP contribution in [0, 0.1) is 0 Å². The summed E-state index contributed by atoms with van der Waals surface area (Å²) in [5, 5.41) is 12.6. The summed E-state index contributed by atoms with van der Waals surface area (Å²) in [6.07, 6.45) is 2.13. The van der Waals surface area contributed by atoms with Crippen LogP contribution >= 0.6 is 0 Å². The molecule has 0 unspecified atom stereocenters. The highest BCUT2D eigenvalue weighted by atomic mass is 16.5. The second kappa shape index (κ2) is 7.54. The van der Waals surface area contributed by atoms with Gasteiger partial charge in [-0.3, -0.25) is 0 Å². The standard InChI is InChI=1S/C15H20N2O4/c1-2-3-8-19-9-10-20-13-11-6-4-5-7-12(11)21-14(13)15(16)17-18/h4-7,18H,2-3,8-10H2,1H3,(H2,16,17). The molecule has 0 saturated heterocycles. The fourth-order valence-electron chi connectivity index (χ4n) is 1.93. The van der Waals surface area contributed by atoms with Crippen molar-refractivity contribution in [1.82, 2.24) is 0 Å². The lowest BCUT2D eigenvalue weighted by Crippen LogP contribution is -2.15. The molecule has 0 radical (unpaired) electrons. The Morgan fingerprint density at radius 3 is 2.86 bits per heavy atom. The number of fused-ring (bicyclic) bond motifs is 1. The predicted molar refractivity (Wildman–Crippen MR) is 79.9 cm³/mol. The van der Waals surface area contributed by atoms with Crippen LogP contribution in [0.4, 0.5) is 0 Å². The zero-order valence-corrected chi connectivity index (χ0v) is 12.0. The second-order valence-corrected chi connectivity index (χ2v) is 4.56. The molecule has 21 heavy (non-hydrogen) atoms. The molecule has 6 heteroatoms. The van der Waals surface area contributed by atoms with Crippen LogP contribution in [0.5, 0.6) is 5.75 Å². The largest absolute Gasteiger partial charge is 0.486 e. The van der Waals surface area contributed by atoms with E-state index < -0.39 is 0 Å². The Hall–Kier alpha value is -2.21. The lowest BCUT2D eigenvalue weighted by atomic mass is 10.2. The van der Waals surface area contributed by atoms with E-state index in [1.165, 1.54) is 0 Å². The third-order valence-electron chi connectivity index (χ3n) is 3.01. The molecule has 2 rings (SSSR count). The quantitative estimate of drug-likeness (QED) is 0.257. The second-order valence-electron chi connectivity index (χ2n) is 4.56. The van der Waals surface area contributed by atoms with Crippen LogP contribution in [0.1, 0.15) is 25.5 Å². The summed E-state index contributed by atoms with van der Waals surface area (Å²) in [4.78, 5) is 0. The molecule has 0 atom stereocenters. The zero-order valence-electron chi connectivity index (χ0n) is 12.0. The van der Waals surface area contributed by atoms with Crippen LogP contribution in [0.2, 0.25) is 0 Å². The smallest absolute Gasteiger partial charge is 0.215 e. The monoisotopic (exact) mass is 292 g/mol. The Morgan fingerprint density at radius 2 is 2.10 bits per heavy atom. The number of para-hydroxylation sites is 1. The van der Waals surface area contributed by atoms with Crippen LogP contribution in [0.3, 0.4) is 0 Å². The molecular weight excluding hydrogens is 272 g/mol. The van der Waals surface area contributed by atoms with Crippen molar-refractivity contribution < 1.29 is 19.1 Å². The maximum absolute atomic E-state index is 8.83. The molecule has 3 N–H and O–H groups in total. The van der Waals surface area contributed by atoms with Gasteiger partial charge in [0.2, 0.25) is 11.6 Å². The van der Waals surface area contributed by atoms with Gasteiger partial charge < -0.3 is 24.8 Å². The highest BCUT2D eigenvalue weighted by Crippen LogP contribution is 2.32. The van der Waals surface area contributed by atoms with Gasteiger partial charge in [0, 0.05) is 6.61 Å². The van der Waals surface area contributed by atoms with Crippen LogP contribution < -0.4 is 10.5 Å². The summed E-state index contributed by atoms with van der Waals surface area (Å²) >= 11 is 0. The van der Waals surface area contributed by atoms with E-state index in [4.69, 9.17) is 24.8 Å². The minimum absolute atomic E-state index is 0.117. The molecule has 0 bridgehead atoms. The van der Waals surface area contributed by atoms with Gasteiger partial charge in [-0.1, -0.05) is 30.6 Å². The molecule has 1 aromatic heterocycles. The van der Waals surface area contributed by atoms with Gasteiger partial charge in [0.15, 0.2) is 5.75 Å². The number of oxime groups is 1. The summed E-state index contributed by atoms with van der Waals surface area (Å²) in [5.74, 6) is 0.584. The van der Waals surface area contributed by atoms with Crippen molar-refractivity contribution in [2.24, 2.45) is 10.9 Å². The Labute approximate surface area is 123 Å². The van der Waals surface area contributed by atoms with Gasteiger partial charge in [-0.25, -0.2) is 0 Å². The molecule has 0 spiro atoms. The van der Waals surface area contributed by atoms with Gasteiger partial charge in [0.1, 0.15) is 12.2 Å². The van der Waals surface area contributed by atoms with Crippen molar-refractivity contribution in [3.8, 4) is 5.75 Å². The lowest BCUT2D eigenvalue weighted by Gasteiger charge is -2.07. The van der Waals surface area contributed by atoms with Gasteiger partial charge in [-0.05, 0) is 18.6 Å². The Bertz CT molecular complexity index is 607.